The molecule has 1 amide bonds. The summed E-state index contributed by atoms with van der Waals surface area (Å²) in [6.07, 6.45) is 10.7. The summed E-state index contributed by atoms with van der Waals surface area (Å²) in [7, 11) is 0. The van der Waals surface area contributed by atoms with Gasteiger partial charge in [0.05, 0.1) is 22.4 Å². The molecule has 8 nitrogen and oxygen atoms in total. The van der Waals surface area contributed by atoms with E-state index in [0.29, 0.717) is 11.3 Å². The first-order valence-electron chi connectivity index (χ1n) is 10.4. The van der Waals surface area contributed by atoms with Crippen LogP contribution in [0, 0.1) is 16.0 Å². The monoisotopic (exact) mass is 397 g/mol. The van der Waals surface area contributed by atoms with Gasteiger partial charge in [-0.05, 0) is 43.7 Å². The van der Waals surface area contributed by atoms with E-state index in [2.05, 4.69) is 15.3 Å². The highest BCUT2D eigenvalue weighted by molar-refractivity contribution is 5.94. The van der Waals surface area contributed by atoms with Gasteiger partial charge in [0.25, 0.3) is 11.6 Å². The van der Waals surface area contributed by atoms with Crippen LogP contribution in [-0.2, 0) is 0 Å². The predicted molar refractivity (Wildman–Crippen MR) is 109 cm³/mol. The van der Waals surface area contributed by atoms with E-state index in [1.54, 1.807) is 23.0 Å². The Morgan fingerprint density at radius 3 is 2.48 bits per heavy atom. The Labute approximate surface area is 170 Å². The van der Waals surface area contributed by atoms with Gasteiger partial charge in [-0.3, -0.25) is 14.9 Å². The third-order valence-corrected chi connectivity index (χ3v) is 6.08. The van der Waals surface area contributed by atoms with Crippen LogP contribution in [0.5, 0.6) is 0 Å². The molecular weight excluding hydrogens is 370 g/mol. The van der Waals surface area contributed by atoms with E-state index in [9.17, 15) is 14.9 Å². The van der Waals surface area contributed by atoms with E-state index in [0.717, 1.165) is 31.8 Å². The van der Waals surface area contributed by atoms with Crippen LogP contribution in [0.4, 0.5) is 5.69 Å². The van der Waals surface area contributed by atoms with Gasteiger partial charge in [0.2, 0.25) is 0 Å². The first kappa shape index (κ1) is 19.6. The van der Waals surface area contributed by atoms with Crippen molar-refractivity contribution < 1.29 is 9.72 Å². The molecule has 0 unspecified atom stereocenters. The topological polar surface area (TPSA) is 93.3 Å². The van der Waals surface area contributed by atoms with Crippen LogP contribution in [0.15, 0.2) is 36.7 Å². The van der Waals surface area contributed by atoms with Crippen molar-refractivity contribution in [1.82, 2.24) is 20.0 Å². The average molecular weight is 397 g/mol. The molecule has 2 heterocycles. The van der Waals surface area contributed by atoms with Crippen molar-refractivity contribution in [1.29, 1.82) is 0 Å². The van der Waals surface area contributed by atoms with Gasteiger partial charge in [0.15, 0.2) is 0 Å². The molecule has 1 aliphatic carbocycles. The summed E-state index contributed by atoms with van der Waals surface area (Å²) in [5, 5.41) is 18.1. The van der Waals surface area contributed by atoms with E-state index in [1.165, 1.54) is 50.6 Å². The minimum Gasteiger partial charge on any atom is -0.349 e. The van der Waals surface area contributed by atoms with Crippen molar-refractivity contribution in [2.45, 2.75) is 44.6 Å². The van der Waals surface area contributed by atoms with E-state index in [-0.39, 0.29) is 17.6 Å². The number of nitro groups is 1. The largest absolute Gasteiger partial charge is 0.349 e. The first-order valence-corrected chi connectivity index (χ1v) is 10.4. The lowest BCUT2D eigenvalue weighted by molar-refractivity contribution is -0.384. The van der Waals surface area contributed by atoms with Crippen molar-refractivity contribution in [2.75, 3.05) is 19.6 Å². The number of carbonyl (C=O) groups excluding carboxylic acids is 1. The molecule has 2 aromatic rings. The van der Waals surface area contributed by atoms with Crippen molar-refractivity contribution in [3.05, 3.63) is 52.3 Å². The van der Waals surface area contributed by atoms with Gasteiger partial charge in [-0.25, -0.2) is 4.68 Å². The third kappa shape index (κ3) is 4.82. The molecule has 2 fully saturated rings. The molecule has 0 spiro atoms. The van der Waals surface area contributed by atoms with E-state index in [1.807, 2.05) is 0 Å². The lowest BCUT2D eigenvalue weighted by Crippen LogP contribution is -2.45. The lowest BCUT2D eigenvalue weighted by atomic mass is 10.0. The highest BCUT2D eigenvalue weighted by Gasteiger charge is 2.24. The number of amides is 1. The molecule has 1 aromatic heterocycles. The van der Waals surface area contributed by atoms with Crippen LogP contribution in [0.25, 0.3) is 5.69 Å². The zero-order valence-electron chi connectivity index (χ0n) is 16.5. The summed E-state index contributed by atoms with van der Waals surface area (Å²) in [5.41, 5.74) is 1.20. The van der Waals surface area contributed by atoms with E-state index < -0.39 is 4.92 Å². The molecule has 0 atom stereocenters. The van der Waals surface area contributed by atoms with Crippen molar-refractivity contribution in [3.8, 4) is 5.69 Å². The molecule has 29 heavy (non-hydrogen) atoms. The fourth-order valence-corrected chi connectivity index (χ4v) is 4.40. The Morgan fingerprint density at radius 2 is 1.83 bits per heavy atom. The molecule has 1 saturated carbocycles. The number of benzene rings is 1. The summed E-state index contributed by atoms with van der Waals surface area (Å²) in [6, 6.07) is 6.29. The highest BCUT2D eigenvalue weighted by atomic mass is 16.6. The SMILES string of the molecule is O=C(NC1CCN(CC2CCCC2)CC1)c1cnn(-c2ccc([N+](=O)[O-])cc2)c1. The number of hydrogen-bond acceptors (Lipinski definition) is 5. The standard InChI is InChI=1S/C21H27N5O3/c27-21(23-18-9-11-24(12-10-18)14-16-3-1-2-4-16)17-13-22-25(15-17)19-5-7-20(8-6-19)26(28)29/h5-8,13,15-16,18H,1-4,9-12,14H2,(H,23,27). The second-order valence-electron chi connectivity index (χ2n) is 8.15. The third-order valence-electron chi connectivity index (χ3n) is 6.08. The number of non-ortho nitro benzene ring substituents is 1. The van der Waals surface area contributed by atoms with Crippen molar-refractivity contribution in [3.63, 3.8) is 0 Å². The van der Waals surface area contributed by atoms with Gasteiger partial charge >= 0.3 is 0 Å². The van der Waals surface area contributed by atoms with Gasteiger partial charge in [0.1, 0.15) is 0 Å². The smallest absolute Gasteiger partial charge is 0.269 e. The van der Waals surface area contributed by atoms with Crippen LogP contribution in [-0.4, -0.2) is 51.2 Å². The predicted octanol–water partition coefficient (Wildman–Crippen LogP) is 3.16. The van der Waals surface area contributed by atoms with E-state index >= 15 is 0 Å². The molecule has 1 saturated heterocycles. The van der Waals surface area contributed by atoms with Crippen molar-refractivity contribution >= 4 is 11.6 Å². The van der Waals surface area contributed by atoms with Gasteiger partial charge in [-0.2, -0.15) is 5.10 Å². The average Bonchev–Trinajstić information content (AvgIpc) is 3.42. The van der Waals surface area contributed by atoms with Crippen LogP contribution in [0.3, 0.4) is 0 Å². The molecule has 154 valence electrons. The van der Waals surface area contributed by atoms with Gasteiger partial charge < -0.3 is 10.2 Å². The Balaban J connectivity index is 1.29. The molecule has 4 rings (SSSR count). The number of nitro benzene ring substituents is 1. The Morgan fingerprint density at radius 1 is 1.14 bits per heavy atom. The highest BCUT2D eigenvalue weighted by Crippen LogP contribution is 2.26. The molecule has 2 aliphatic rings. The first-order chi connectivity index (χ1) is 14.1. The number of piperidine rings is 1. The van der Waals surface area contributed by atoms with Gasteiger partial charge in [0, 0.05) is 44.0 Å². The second-order valence-corrected chi connectivity index (χ2v) is 8.15. The summed E-state index contributed by atoms with van der Waals surface area (Å²) >= 11 is 0. The lowest BCUT2D eigenvalue weighted by Gasteiger charge is -2.33. The molecule has 1 N–H and O–H groups in total. The molecular formula is C21H27N5O3. The normalized spacial score (nSPS) is 18.8. The van der Waals surface area contributed by atoms with Crippen LogP contribution >= 0.6 is 0 Å². The fraction of sp³-hybridized carbons (Fsp3) is 0.524. The summed E-state index contributed by atoms with van der Waals surface area (Å²) in [6.45, 7) is 3.30. The number of nitrogens with one attached hydrogen (secondary N) is 1. The van der Waals surface area contributed by atoms with Crippen molar-refractivity contribution in [2.24, 2.45) is 5.92 Å². The van der Waals surface area contributed by atoms with Gasteiger partial charge in [-0.1, -0.05) is 12.8 Å². The number of aromatic nitrogens is 2. The maximum atomic E-state index is 12.6. The number of likely N-dealkylation sites (tertiary alicyclic amines) is 1. The molecule has 0 bridgehead atoms. The molecule has 1 aromatic carbocycles. The molecule has 0 radical (unpaired) electrons. The Kier molecular flexibility index (Phi) is 5.89. The fourth-order valence-electron chi connectivity index (χ4n) is 4.40. The van der Waals surface area contributed by atoms with Crippen LogP contribution in [0.2, 0.25) is 0 Å². The zero-order chi connectivity index (χ0) is 20.2. The summed E-state index contributed by atoms with van der Waals surface area (Å²) in [4.78, 5) is 25.5. The maximum Gasteiger partial charge on any atom is 0.269 e. The zero-order valence-corrected chi connectivity index (χ0v) is 16.5. The summed E-state index contributed by atoms with van der Waals surface area (Å²) < 4.78 is 1.56. The Bertz CT molecular complexity index is 849. The molecule has 8 heteroatoms. The van der Waals surface area contributed by atoms with Crippen LogP contribution < -0.4 is 5.32 Å². The quantitative estimate of drug-likeness (QED) is 0.597. The number of hydrogen-bond donors (Lipinski definition) is 1. The minimum atomic E-state index is -0.440. The summed E-state index contributed by atoms with van der Waals surface area (Å²) in [5.74, 6) is 0.749. The minimum absolute atomic E-state index is 0.0261. The van der Waals surface area contributed by atoms with E-state index in [4.69, 9.17) is 0 Å². The number of nitrogens with zero attached hydrogens (tertiary/aromatic N) is 4. The second kappa shape index (κ2) is 8.73. The number of rotatable bonds is 6. The molecule has 1 aliphatic heterocycles. The van der Waals surface area contributed by atoms with Crippen LogP contribution in [0.1, 0.15) is 48.9 Å². The Hall–Kier alpha value is -2.74. The van der Waals surface area contributed by atoms with Gasteiger partial charge in [-0.15, -0.1) is 0 Å². The number of carbonyl (C=O) groups is 1. The maximum absolute atomic E-state index is 12.6.